The number of nitrogens with one attached hydrogen (secondary N) is 1. The normalized spacial score (nSPS) is 30.9. The molecule has 1 fully saturated rings. The van der Waals surface area contributed by atoms with Gasteiger partial charge in [-0.25, -0.2) is 0 Å². The molecule has 2 aliphatic carbocycles. The first-order chi connectivity index (χ1) is 9.36. The smallest absolute Gasteiger partial charge is 0.0474 e. The lowest BCUT2D eigenvalue weighted by atomic mass is 9.82. The highest BCUT2D eigenvalue weighted by Gasteiger charge is 2.27. The minimum absolute atomic E-state index is 0.348. The minimum atomic E-state index is 0.348. The third kappa shape index (κ3) is 3.01. The maximum atomic E-state index is 9.51. The zero-order valence-corrected chi connectivity index (χ0v) is 11.6. The van der Waals surface area contributed by atoms with Crippen molar-refractivity contribution in [3.8, 4) is 0 Å². The van der Waals surface area contributed by atoms with Gasteiger partial charge in [-0.05, 0) is 49.1 Å². The highest BCUT2D eigenvalue weighted by atomic mass is 16.3. The van der Waals surface area contributed by atoms with Crippen LogP contribution in [0.2, 0.25) is 0 Å². The molecule has 3 atom stereocenters. The van der Waals surface area contributed by atoms with E-state index in [0.717, 1.165) is 6.42 Å². The fraction of sp³-hybridized carbons (Fsp3) is 0.647. The van der Waals surface area contributed by atoms with Crippen molar-refractivity contribution in [2.24, 2.45) is 5.92 Å². The molecule has 3 rings (SSSR count). The number of hydrogen-bond donors (Lipinski definition) is 2. The SMILES string of the molecule is OCC1CCCCC1NC1CCc2ccccc2C1. The summed E-state index contributed by atoms with van der Waals surface area (Å²) in [5.41, 5.74) is 3.05. The first kappa shape index (κ1) is 13.1. The quantitative estimate of drug-likeness (QED) is 0.874. The van der Waals surface area contributed by atoms with E-state index >= 15 is 0 Å². The van der Waals surface area contributed by atoms with Crippen molar-refractivity contribution >= 4 is 0 Å². The summed E-state index contributed by atoms with van der Waals surface area (Å²) in [7, 11) is 0. The van der Waals surface area contributed by atoms with E-state index in [0.29, 0.717) is 24.6 Å². The largest absolute Gasteiger partial charge is 0.396 e. The van der Waals surface area contributed by atoms with E-state index in [1.807, 2.05) is 0 Å². The third-order valence-electron chi connectivity index (χ3n) is 4.94. The Morgan fingerprint density at radius 3 is 2.68 bits per heavy atom. The van der Waals surface area contributed by atoms with Gasteiger partial charge in [-0.1, -0.05) is 37.1 Å². The highest BCUT2D eigenvalue weighted by molar-refractivity contribution is 5.30. The Morgan fingerprint density at radius 2 is 1.84 bits per heavy atom. The fourth-order valence-corrected chi connectivity index (χ4v) is 3.79. The molecule has 2 aliphatic rings. The molecule has 2 heteroatoms. The molecule has 104 valence electrons. The molecule has 0 amide bonds. The number of hydrogen-bond acceptors (Lipinski definition) is 2. The molecule has 0 bridgehead atoms. The van der Waals surface area contributed by atoms with Crippen molar-refractivity contribution < 1.29 is 5.11 Å². The Morgan fingerprint density at radius 1 is 1.05 bits per heavy atom. The molecular weight excluding hydrogens is 234 g/mol. The van der Waals surface area contributed by atoms with Crippen LogP contribution in [-0.2, 0) is 12.8 Å². The number of aliphatic hydroxyl groups is 1. The Balaban J connectivity index is 1.62. The molecule has 1 aromatic rings. The van der Waals surface area contributed by atoms with Crippen molar-refractivity contribution in [3.05, 3.63) is 35.4 Å². The molecule has 1 saturated carbocycles. The Bertz CT molecular complexity index is 417. The number of fused-ring (bicyclic) bond motifs is 1. The maximum absolute atomic E-state index is 9.51. The van der Waals surface area contributed by atoms with E-state index < -0.39 is 0 Å². The first-order valence-electron chi connectivity index (χ1n) is 7.80. The number of aliphatic hydroxyl groups excluding tert-OH is 1. The van der Waals surface area contributed by atoms with E-state index in [1.54, 1.807) is 0 Å². The van der Waals surface area contributed by atoms with Crippen molar-refractivity contribution in [2.45, 2.75) is 57.0 Å². The monoisotopic (exact) mass is 259 g/mol. The maximum Gasteiger partial charge on any atom is 0.0474 e. The average Bonchev–Trinajstić information content (AvgIpc) is 2.48. The molecule has 2 N–H and O–H groups in total. The van der Waals surface area contributed by atoms with Crippen molar-refractivity contribution in [3.63, 3.8) is 0 Å². The average molecular weight is 259 g/mol. The van der Waals surface area contributed by atoms with Gasteiger partial charge in [0.15, 0.2) is 0 Å². The van der Waals surface area contributed by atoms with Gasteiger partial charge in [-0.3, -0.25) is 0 Å². The molecule has 1 aromatic carbocycles. The summed E-state index contributed by atoms with van der Waals surface area (Å²) in [4.78, 5) is 0. The van der Waals surface area contributed by atoms with Crippen LogP contribution in [0.5, 0.6) is 0 Å². The zero-order chi connectivity index (χ0) is 13.1. The van der Waals surface area contributed by atoms with Gasteiger partial charge < -0.3 is 10.4 Å². The van der Waals surface area contributed by atoms with Gasteiger partial charge >= 0.3 is 0 Å². The summed E-state index contributed by atoms with van der Waals surface area (Å²) in [6, 6.07) is 9.98. The van der Waals surface area contributed by atoms with E-state index in [9.17, 15) is 5.11 Å². The van der Waals surface area contributed by atoms with Gasteiger partial charge in [0.1, 0.15) is 0 Å². The van der Waals surface area contributed by atoms with E-state index in [1.165, 1.54) is 49.7 Å². The van der Waals surface area contributed by atoms with E-state index in [2.05, 4.69) is 29.6 Å². The number of benzene rings is 1. The summed E-state index contributed by atoms with van der Waals surface area (Å²) in [6.45, 7) is 0.348. The van der Waals surface area contributed by atoms with Crippen LogP contribution >= 0.6 is 0 Å². The van der Waals surface area contributed by atoms with Crippen molar-refractivity contribution in [1.82, 2.24) is 5.32 Å². The molecule has 3 unspecified atom stereocenters. The van der Waals surface area contributed by atoms with Crippen LogP contribution in [0.15, 0.2) is 24.3 Å². The molecule has 0 saturated heterocycles. The van der Waals surface area contributed by atoms with Gasteiger partial charge in [0.05, 0.1) is 0 Å². The van der Waals surface area contributed by atoms with E-state index in [4.69, 9.17) is 0 Å². The summed E-state index contributed by atoms with van der Waals surface area (Å²) in [6.07, 6.45) is 8.63. The lowest BCUT2D eigenvalue weighted by Crippen LogP contribution is -2.47. The van der Waals surface area contributed by atoms with E-state index in [-0.39, 0.29) is 0 Å². The van der Waals surface area contributed by atoms with Crippen LogP contribution in [0.25, 0.3) is 0 Å². The standard InChI is InChI=1S/C17H25NO/c19-12-15-7-3-4-8-17(15)18-16-10-9-13-5-1-2-6-14(13)11-16/h1-2,5-6,15-19H,3-4,7-12H2. The minimum Gasteiger partial charge on any atom is -0.396 e. The van der Waals surface area contributed by atoms with Gasteiger partial charge in [0.2, 0.25) is 0 Å². The van der Waals surface area contributed by atoms with Crippen LogP contribution in [0.4, 0.5) is 0 Å². The second-order valence-corrected chi connectivity index (χ2v) is 6.21. The third-order valence-corrected chi connectivity index (χ3v) is 4.94. The molecule has 19 heavy (non-hydrogen) atoms. The van der Waals surface area contributed by atoms with Crippen LogP contribution < -0.4 is 5.32 Å². The van der Waals surface area contributed by atoms with Gasteiger partial charge in [-0.2, -0.15) is 0 Å². The second kappa shape index (κ2) is 6.06. The van der Waals surface area contributed by atoms with Crippen LogP contribution in [0, 0.1) is 5.92 Å². The number of rotatable bonds is 3. The lowest BCUT2D eigenvalue weighted by molar-refractivity contribution is 0.144. The summed E-state index contributed by atoms with van der Waals surface area (Å²) in [5, 5.41) is 13.3. The summed E-state index contributed by atoms with van der Waals surface area (Å²) in [5.74, 6) is 0.478. The summed E-state index contributed by atoms with van der Waals surface area (Å²) >= 11 is 0. The predicted octanol–water partition coefficient (Wildman–Crippen LogP) is 2.68. The fourth-order valence-electron chi connectivity index (χ4n) is 3.79. The molecule has 0 heterocycles. The lowest BCUT2D eigenvalue weighted by Gasteiger charge is -2.36. The number of aryl methyl sites for hydroxylation is 1. The second-order valence-electron chi connectivity index (χ2n) is 6.21. The zero-order valence-electron chi connectivity index (χ0n) is 11.6. The van der Waals surface area contributed by atoms with Crippen LogP contribution in [-0.4, -0.2) is 23.8 Å². The molecule has 0 aromatic heterocycles. The van der Waals surface area contributed by atoms with Crippen LogP contribution in [0.1, 0.15) is 43.2 Å². The Labute approximate surface area is 116 Å². The molecule has 0 spiro atoms. The molecule has 2 nitrogen and oxygen atoms in total. The molecule has 0 radical (unpaired) electrons. The Hall–Kier alpha value is -0.860. The van der Waals surface area contributed by atoms with Gasteiger partial charge in [-0.15, -0.1) is 0 Å². The summed E-state index contributed by atoms with van der Waals surface area (Å²) < 4.78 is 0. The molecule has 0 aliphatic heterocycles. The van der Waals surface area contributed by atoms with Crippen molar-refractivity contribution in [1.29, 1.82) is 0 Å². The predicted molar refractivity (Wildman–Crippen MR) is 78.2 cm³/mol. The highest BCUT2D eigenvalue weighted by Crippen LogP contribution is 2.27. The molecular formula is C17H25NO. The van der Waals surface area contributed by atoms with Gasteiger partial charge in [0.25, 0.3) is 0 Å². The Kier molecular flexibility index (Phi) is 4.19. The topological polar surface area (TPSA) is 32.3 Å². The van der Waals surface area contributed by atoms with Crippen molar-refractivity contribution in [2.75, 3.05) is 6.61 Å². The van der Waals surface area contributed by atoms with Gasteiger partial charge in [0, 0.05) is 18.7 Å². The first-order valence-corrected chi connectivity index (χ1v) is 7.80. The van der Waals surface area contributed by atoms with Crippen LogP contribution in [0.3, 0.4) is 0 Å².